The molecule has 0 aromatic carbocycles. The summed E-state index contributed by atoms with van der Waals surface area (Å²) in [6.45, 7) is 3.07. The van der Waals surface area contributed by atoms with Crippen LogP contribution < -0.4 is 0 Å². The van der Waals surface area contributed by atoms with Crippen LogP contribution in [0.15, 0.2) is 0 Å². The summed E-state index contributed by atoms with van der Waals surface area (Å²) in [7, 11) is 0. The van der Waals surface area contributed by atoms with Gasteiger partial charge in [0, 0.05) is 19.6 Å². The van der Waals surface area contributed by atoms with Crippen LogP contribution in [0, 0.1) is 0 Å². The predicted octanol–water partition coefficient (Wildman–Crippen LogP) is 4.09. The fourth-order valence-electron chi connectivity index (χ4n) is 1.63. The van der Waals surface area contributed by atoms with Gasteiger partial charge in [-0.2, -0.15) is 0 Å². The van der Waals surface area contributed by atoms with E-state index in [1.165, 1.54) is 44.9 Å². The van der Waals surface area contributed by atoms with E-state index in [9.17, 15) is 0 Å². The molecule has 0 aliphatic rings. The molecule has 16 heavy (non-hydrogen) atoms. The highest BCUT2D eigenvalue weighted by molar-refractivity contribution is 6.19. The number of unbranched alkanes of at least 4 members (excludes halogenated alkanes) is 7. The molecule has 0 radical (unpaired) electrons. The third-order valence-electron chi connectivity index (χ3n) is 2.65. The lowest BCUT2D eigenvalue weighted by Crippen LogP contribution is -2.08. The van der Waals surface area contributed by atoms with E-state index >= 15 is 0 Å². The summed E-state index contributed by atoms with van der Waals surface area (Å²) in [6, 6.07) is 0. The second-order valence-electron chi connectivity index (χ2n) is 4.27. The van der Waals surface area contributed by atoms with Crippen molar-refractivity contribution in [2.45, 2.75) is 70.3 Å². The van der Waals surface area contributed by atoms with E-state index < -0.39 is 0 Å². The minimum Gasteiger partial charge on any atom is -0.396 e. The van der Waals surface area contributed by atoms with Crippen LogP contribution in [0.25, 0.3) is 0 Å². The Hall–Kier alpha value is 0.210. The van der Waals surface area contributed by atoms with E-state index in [0.29, 0.717) is 6.42 Å². The summed E-state index contributed by atoms with van der Waals surface area (Å²) in [6.07, 6.45) is 10.9. The molecule has 0 bridgehead atoms. The smallest absolute Gasteiger partial charge is 0.133 e. The number of halogens is 1. The molecule has 2 nitrogen and oxygen atoms in total. The predicted molar refractivity (Wildman–Crippen MR) is 69.9 cm³/mol. The third-order valence-corrected chi connectivity index (χ3v) is 3.00. The summed E-state index contributed by atoms with van der Waals surface area (Å²) < 4.78 is 5.33. The van der Waals surface area contributed by atoms with Crippen molar-refractivity contribution in [2.75, 3.05) is 13.2 Å². The molecule has 0 rings (SSSR count). The maximum atomic E-state index is 8.62. The number of ether oxygens (including phenoxy) is 1. The first-order chi connectivity index (χ1) is 7.81. The number of rotatable bonds is 12. The molecule has 0 aromatic heterocycles. The molecular formula is C13H27ClO2. The van der Waals surface area contributed by atoms with Crippen molar-refractivity contribution in [3.63, 3.8) is 0 Å². The highest BCUT2D eigenvalue weighted by Gasteiger charge is 2.02. The highest BCUT2D eigenvalue weighted by atomic mass is 35.5. The Morgan fingerprint density at radius 2 is 1.56 bits per heavy atom. The average molecular weight is 251 g/mol. The molecule has 0 saturated heterocycles. The first kappa shape index (κ1) is 16.2. The quantitative estimate of drug-likeness (QED) is 0.418. The largest absolute Gasteiger partial charge is 0.396 e. The van der Waals surface area contributed by atoms with Crippen LogP contribution in [-0.2, 0) is 4.74 Å². The van der Waals surface area contributed by atoms with E-state index in [-0.39, 0.29) is 12.2 Å². The minimum atomic E-state index is -0.311. The van der Waals surface area contributed by atoms with Crippen molar-refractivity contribution in [1.82, 2.24) is 0 Å². The van der Waals surface area contributed by atoms with Gasteiger partial charge in [-0.05, 0) is 6.42 Å². The van der Waals surface area contributed by atoms with Gasteiger partial charge in [-0.1, -0.05) is 63.5 Å². The Morgan fingerprint density at radius 3 is 2.12 bits per heavy atom. The van der Waals surface area contributed by atoms with Crippen LogP contribution in [0.5, 0.6) is 0 Å². The molecule has 1 N–H and O–H groups in total. The van der Waals surface area contributed by atoms with Crippen LogP contribution >= 0.6 is 11.6 Å². The van der Waals surface area contributed by atoms with Crippen LogP contribution in [0.2, 0.25) is 0 Å². The number of aliphatic hydroxyl groups is 1. The van der Waals surface area contributed by atoms with Crippen molar-refractivity contribution in [3.8, 4) is 0 Å². The van der Waals surface area contributed by atoms with Crippen molar-refractivity contribution < 1.29 is 9.84 Å². The standard InChI is InChI=1S/C13H27ClO2/c1-2-3-4-5-6-7-8-9-12-16-13(14)10-11-15/h13,15H,2-12H2,1H3. The van der Waals surface area contributed by atoms with Gasteiger partial charge in [0.2, 0.25) is 0 Å². The first-order valence-electron chi connectivity index (χ1n) is 6.67. The molecule has 0 spiro atoms. The monoisotopic (exact) mass is 250 g/mol. The average Bonchev–Trinajstić information content (AvgIpc) is 2.27. The van der Waals surface area contributed by atoms with Gasteiger partial charge >= 0.3 is 0 Å². The Balaban J connectivity index is 2.98. The van der Waals surface area contributed by atoms with Crippen molar-refractivity contribution in [2.24, 2.45) is 0 Å². The lowest BCUT2D eigenvalue weighted by atomic mass is 10.1. The molecule has 0 aromatic rings. The molecule has 0 aliphatic carbocycles. The number of alkyl halides is 1. The Kier molecular flexibility index (Phi) is 13.4. The summed E-state index contributed by atoms with van der Waals surface area (Å²) in [4.78, 5) is 0. The van der Waals surface area contributed by atoms with Crippen LogP contribution in [-0.4, -0.2) is 23.9 Å². The zero-order valence-corrected chi connectivity index (χ0v) is 11.3. The van der Waals surface area contributed by atoms with Crippen LogP contribution in [0.3, 0.4) is 0 Å². The Morgan fingerprint density at radius 1 is 1.00 bits per heavy atom. The highest BCUT2D eigenvalue weighted by Crippen LogP contribution is 2.09. The van der Waals surface area contributed by atoms with Gasteiger partial charge in [0.1, 0.15) is 5.56 Å². The zero-order chi connectivity index (χ0) is 12.1. The van der Waals surface area contributed by atoms with Gasteiger partial charge in [-0.3, -0.25) is 0 Å². The van der Waals surface area contributed by atoms with Crippen molar-refractivity contribution in [1.29, 1.82) is 0 Å². The fourth-order valence-corrected chi connectivity index (χ4v) is 1.82. The summed E-state index contributed by atoms with van der Waals surface area (Å²) in [5.74, 6) is 0. The molecule has 0 aliphatic heterocycles. The maximum absolute atomic E-state index is 8.62. The van der Waals surface area contributed by atoms with Gasteiger partial charge in [-0.15, -0.1) is 0 Å². The third kappa shape index (κ3) is 12.3. The topological polar surface area (TPSA) is 29.5 Å². The SMILES string of the molecule is CCCCCCCCCCOC(Cl)CCO. The second-order valence-corrected chi connectivity index (χ2v) is 4.75. The normalized spacial score (nSPS) is 12.9. The molecule has 1 atom stereocenters. The van der Waals surface area contributed by atoms with Gasteiger partial charge in [0.15, 0.2) is 0 Å². The summed E-state index contributed by atoms with van der Waals surface area (Å²) in [5.41, 5.74) is -0.311. The molecule has 0 amide bonds. The molecule has 0 fully saturated rings. The Bertz CT molecular complexity index is 131. The van der Waals surface area contributed by atoms with Crippen LogP contribution in [0.4, 0.5) is 0 Å². The molecule has 0 saturated carbocycles. The molecule has 3 heteroatoms. The minimum absolute atomic E-state index is 0.103. The summed E-state index contributed by atoms with van der Waals surface area (Å²) >= 11 is 5.80. The lowest BCUT2D eigenvalue weighted by Gasteiger charge is -2.09. The van der Waals surface area contributed by atoms with Crippen molar-refractivity contribution in [3.05, 3.63) is 0 Å². The van der Waals surface area contributed by atoms with E-state index in [4.69, 9.17) is 21.4 Å². The molecular weight excluding hydrogens is 224 g/mol. The maximum Gasteiger partial charge on any atom is 0.133 e. The summed E-state index contributed by atoms with van der Waals surface area (Å²) in [5, 5.41) is 8.62. The lowest BCUT2D eigenvalue weighted by molar-refractivity contribution is 0.0845. The first-order valence-corrected chi connectivity index (χ1v) is 7.11. The van der Waals surface area contributed by atoms with E-state index in [1.54, 1.807) is 0 Å². The number of aliphatic hydroxyl groups excluding tert-OH is 1. The van der Waals surface area contributed by atoms with Crippen LogP contribution in [0.1, 0.15) is 64.7 Å². The zero-order valence-electron chi connectivity index (χ0n) is 10.6. The van der Waals surface area contributed by atoms with E-state index in [0.717, 1.165) is 13.0 Å². The van der Waals surface area contributed by atoms with Gasteiger partial charge in [-0.25, -0.2) is 0 Å². The van der Waals surface area contributed by atoms with Gasteiger partial charge in [0.25, 0.3) is 0 Å². The van der Waals surface area contributed by atoms with E-state index in [2.05, 4.69) is 6.92 Å². The van der Waals surface area contributed by atoms with Gasteiger partial charge < -0.3 is 9.84 Å². The van der Waals surface area contributed by atoms with Crippen molar-refractivity contribution >= 4 is 11.6 Å². The molecule has 0 heterocycles. The van der Waals surface area contributed by atoms with Gasteiger partial charge in [0.05, 0.1) is 0 Å². The van der Waals surface area contributed by atoms with E-state index in [1.807, 2.05) is 0 Å². The Labute approximate surface area is 105 Å². The molecule has 98 valence electrons. The second kappa shape index (κ2) is 13.3. The number of hydrogen-bond acceptors (Lipinski definition) is 2. The fraction of sp³-hybridized carbons (Fsp3) is 1.00. The molecule has 1 unspecified atom stereocenters. The number of hydrogen-bond donors (Lipinski definition) is 1.